The summed E-state index contributed by atoms with van der Waals surface area (Å²) in [6, 6.07) is 6.85. The van der Waals surface area contributed by atoms with Crippen molar-refractivity contribution in [1.82, 2.24) is 0 Å². The van der Waals surface area contributed by atoms with Gasteiger partial charge in [0.15, 0.2) is 0 Å². The summed E-state index contributed by atoms with van der Waals surface area (Å²) in [5.74, 6) is 0.965. The number of allylic oxidation sites excluding steroid dienone is 1. The third kappa shape index (κ3) is 1.27. The first-order valence-electron chi connectivity index (χ1n) is 4.19. The fourth-order valence-corrected chi connectivity index (χ4v) is 1.60. The third-order valence-electron chi connectivity index (χ3n) is 2.42. The monoisotopic (exact) mass is 162 g/mol. The van der Waals surface area contributed by atoms with Gasteiger partial charge in [-0.1, -0.05) is 18.2 Å². The molecular formula is C11H11F. The van der Waals surface area contributed by atoms with E-state index in [2.05, 4.69) is 6.58 Å². The number of hydrogen-bond acceptors (Lipinski definition) is 0. The predicted octanol–water partition coefficient (Wildman–Crippen LogP) is 3.12. The molecule has 62 valence electrons. The van der Waals surface area contributed by atoms with Crippen LogP contribution in [0.1, 0.15) is 17.9 Å². The van der Waals surface area contributed by atoms with E-state index in [1.807, 2.05) is 12.1 Å². The lowest BCUT2D eigenvalue weighted by atomic mass is 10.1. The Kier molecular flexibility index (Phi) is 1.72. The van der Waals surface area contributed by atoms with Gasteiger partial charge >= 0.3 is 0 Å². The second-order valence-corrected chi connectivity index (χ2v) is 3.30. The lowest BCUT2D eigenvalue weighted by Gasteiger charge is -1.97. The van der Waals surface area contributed by atoms with Gasteiger partial charge in [-0.15, -0.1) is 6.58 Å². The molecule has 2 atom stereocenters. The summed E-state index contributed by atoms with van der Waals surface area (Å²) >= 11 is 0. The van der Waals surface area contributed by atoms with Crippen molar-refractivity contribution in [2.75, 3.05) is 0 Å². The van der Waals surface area contributed by atoms with E-state index in [1.165, 1.54) is 6.07 Å². The van der Waals surface area contributed by atoms with E-state index in [-0.39, 0.29) is 5.82 Å². The van der Waals surface area contributed by atoms with Crippen molar-refractivity contribution < 1.29 is 4.39 Å². The first-order chi connectivity index (χ1) is 5.81. The van der Waals surface area contributed by atoms with Gasteiger partial charge in [-0.25, -0.2) is 4.39 Å². The highest BCUT2D eigenvalue weighted by Gasteiger charge is 2.35. The zero-order valence-corrected chi connectivity index (χ0v) is 6.83. The van der Waals surface area contributed by atoms with Crippen molar-refractivity contribution in [3.63, 3.8) is 0 Å². The first kappa shape index (κ1) is 7.53. The average molecular weight is 162 g/mol. The Morgan fingerprint density at radius 2 is 2.33 bits per heavy atom. The lowest BCUT2D eigenvalue weighted by Crippen LogP contribution is -1.82. The van der Waals surface area contributed by atoms with Gasteiger partial charge in [0.25, 0.3) is 0 Å². The Morgan fingerprint density at radius 1 is 1.50 bits per heavy atom. The maximum atomic E-state index is 12.8. The molecule has 2 rings (SSSR count). The van der Waals surface area contributed by atoms with E-state index >= 15 is 0 Å². The normalized spacial score (nSPS) is 26.8. The van der Waals surface area contributed by atoms with Gasteiger partial charge < -0.3 is 0 Å². The minimum atomic E-state index is -0.137. The fourth-order valence-electron chi connectivity index (χ4n) is 1.60. The maximum Gasteiger partial charge on any atom is 0.123 e. The molecule has 1 aliphatic carbocycles. The van der Waals surface area contributed by atoms with Gasteiger partial charge in [0.2, 0.25) is 0 Å². The predicted molar refractivity (Wildman–Crippen MR) is 47.4 cm³/mol. The van der Waals surface area contributed by atoms with E-state index in [9.17, 15) is 4.39 Å². The molecule has 1 heteroatoms. The van der Waals surface area contributed by atoms with E-state index < -0.39 is 0 Å². The van der Waals surface area contributed by atoms with Gasteiger partial charge in [0.1, 0.15) is 5.82 Å². The molecule has 1 aromatic carbocycles. The van der Waals surface area contributed by atoms with Crippen LogP contribution >= 0.6 is 0 Å². The molecule has 0 spiro atoms. The third-order valence-corrected chi connectivity index (χ3v) is 2.42. The van der Waals surface area contributed by atoms with Crippen molar-refractivity contribution >= 4 is 0 Å². The summed E-state index contributed by atoms with van der Waals surface area (Å²) in [5, 5.41) is 0. The number of rotatable bonds is 2. The summed E-state index contributed by atoms with van der Waals surface area (Å²) in [5.41, 5.74) is 1.11. The number of hydrogen-bond donors (Lipinski definition) is 0. The van der Waals surface area contributed by atoms with Gasteiger partial charge in [-0.05, 0) is 36.0 Å². The quantitative estimate of drug-likeness (QED) is 0.586. The second kappa shape index (κ2) is 2.74. The Labute approximate surface area is 71.7 Å². The van der Waals surface area contributed by atoms with Gasteiger partial charge in [-0.2, -0.15) is 0 Å². The van der Waals surface area contributed by atoms with Crippen LogP contribution in [-0.2, 0) is 0 Å². The average Bonchev–Trinajstić information content (AvgIpc) is 2.83. The molecule has 0 unspecified atom stereocenters. The molecule has 0 aromatic heterocycles. The van der Waals surface area contributed by atoms with Crippen LogP contribution < -0.4 is 0 Å². The standard InChI is InChI=1S/C11H11F/c1-2-8-7-11(8)9-4-3-5-10(12)6-9/h2-6,8,11H,1,7H2/t8-,11+/m1/s1. The zero-order valence-electron chi connectivity index (χ0n) is 6.83. The molecule has 1 aliphatic rings. The summed E-state index contributed by atoms with van der Waals surface area (Å²) in [4.78, 5) is 0. The molecule has 1 aromatic rings. The molecule has 0 saturated heterocycles. The number of benzene rings is 1. The molecule has 0 heterocycles. The first-order valence-corrected chi connectivity index (χ1v) is 4.19. The molecule has 0 nitrogen and oxygen atoms in total. The van der Waals surface area contributed by atoms with Gasteiger partial charge in [0.05, 0.1) is 0 Å². The Bertz CT molecular complexity index is 304. The number of halogens is 1. The van der Waals surface area contributed by atoms with Crippen LogP contribution in [0.2, 0.25) is 0 Å². The van der Waals surface area contributed by atoms with E-state index in [4.69, 9.17) is 0 Å². The molecule has 12 heavy (non-hydrogen) atoms. The van der Waals surface area contributed by atoms with E-state index in [1.54, 1.807) is 12.1 Å². The van der Waals surface area contributed by atoms with Crippen LogP contribution in [0, 0.1) is 11.7 Å². The lowest BCUT2D eigenvalue weighted by molar-refractivity contribution is 0.625. The minimum absolute atomic E-state index is 0.137. The van der Waals surface area contributed by atoms with Gasteiger partial charge in [-0.3, -0.25) is 0 Å². The second-order valence-electron chi connectivity index (χ2n) is 3.30. The van der Waals surface area contributed by atoms with Crippen molar-refractivity contribution in [3.8, 4) is 0 Å². The summed E-state index contributed by atoms with van der Waals surface area (Å²) < 4.78 is 12.8. The van der Waals surface area contributed by atoms with Crippen LogP contribution in [0.15, 0.2) is 36.9 Å². The Hall–Kier alpha value is -1.11. The zero-order chi connectivity index (χ0) is 8.55. The summed E-state index contributed by atoms with van der Waals surface area (Å²) in [7, 11) is 0. The topological polar surface area (TPSA) is 0 Å². The summed E-state index contributed by atoms with van der Waals surface area (Å²) in [6.45, 7) is 3.73. The summed E-state index contributed by atoms with van der Waals surface area (Å²) in [6.07, 6.45) is 3.09. The highest BCUT2D eigenvalue weighted by atomic mass is 19.1. The van der Waals surface area contributed by atoms with Crippen molar-refractivity contribution in [2.45, 2.75) is 12.3 Å². The van der Waals surface area contributed by atoms with Crippen LogP contribution in [0.5, 0.6) is 0 Å². The molecule has 1 fully saturated rings. The molecule has 1 saturated carbocycles. The van der Waals surface area contributed by atoms with E-state index in [0.29, 0.717) is 11.8 Å². The van der Waals surface area contributed by atoms with E-state index in [0.717, 1.165) is 12.0 Å². The molecular weight excluding hydrogens is 151 g/mol. The van der Waals surface area contributed by atoms with Crippen molar-refractivity contribution in [2.24, 2.45) is 5.92 Å². The molecule has 0 amide bonds. The SMILES string of the molecule is C=C[C@@H]1C[C@@H]1c1cccc(F)c1. The minimum Gasteiger partial charge on any atom is -0.207 e. The van der Waals surface area contributed by atoms with Crippen LogP contribution in [0.25, 0.3) is 0 Å². The smallest absolute Gasteiger partial charge is 0.123 e. The highest BCUT2D eigenvalue weighted by molar-refractivity contribution is 5.28. The fraction of sp³-hybridized carbons (Fsp3) is 0.273. The van der Waals surface area contributed by atoms with Crippen LogP contribution in [0.3, 0.4) is 0 Å². The Morgan fingerprint density at radius 3 is 2.92 bits per heavy atom. The molecule has 0 aliphatic heterocycles. The molecule has 0 radical (unpaired) electrons. The van der Waals surface area contributed by atoms with Crippen LogP contribution in [0.4, 0.5) is 4.39 Å². The van der Waals surface area contributed by atoms with Gasteiger partial charge in [0, 0.05) is 0 Å². The molecule has 0 N–H and O–H groups in total. The Balaban J connectivity index is 2.19. The van der Waals surface area contributed by atoms with Crippen molar-refractivity contribution in [3.05, 3.63) is 48.3 Å². The highest BCUT2D eigenvalue weighted by Crippen LogP contribution is 2.47. The largest absolute Gasteiger partial charge is 0.207 e. The van der Waals surface area contributed by atoms with Crippen molar-refractivity contribution in [1.29, 1.82) is 0 Å². The maximum absolute atomic E-state index is 12.8. The van der Waals surface area contributed by atoms with Crippen LogP contribution in [-0.4, -0.2) is 0 Å². The molecule has 0 bridgehead atoms.